The molecule has 25 heavy (non-hydrogen) atoms. The van der Waals surface area contributed by atoms with Crippen molar-refractivity contribution in [1.82, 2.24) is 0 Å². The zero-order valence-electron chi connectivity index (χ0n) is 16.6. The second-order valence-corrected chi connectivity index (χ2v) is 7.35. The predicted molar refractivity (Wildman–Crippen MR) is 110 cm³/mol. The second kappa shape index (κ2) is 21.5. The molecule has 3 heteroatoms. The van der Waals surface area contributed by atoms with Gasteiger partial charge >= 0.3 is 5.97 Å². The van der Waals surface area contributed by atoms with Gasteiger partial charge in [-0.15, -0.1) is 0 Å². The van der Waals surface area contributed by atoms with Crippen LogP contribution >= 0.6 is 11.9 Å². The predicted octanol–water partition coefficient (Wildman–Crippen LogP) is 8.28. The van der Waals surface area contributed by atoms with E-state index in [1.165, 1.54) is 96.3 Å². The van der Waals surface area contributed by atoms with Crippen LogP contribution < -0.4 is 0 Å². The largest absolute Gasteiger partial charge is 0.348 e. The van der Waals surface area contributed by atoms with Crippen molar-refractivity contribution in [3.8, 4) is 0 Å². The standard InChI is InChI=1S/C22H41ClO2/c1-2-3-4-5-6-7-8-9-10-11-12-13-14-15-16-17-18-19-20-21-22(24)25-23/h9-10H,2-8,11-21H2,1H3/b10-9-. The van der Waals surface area contributed by atoms with Crippen molar-refractivity contribution < 1.29 is 9.08 Å². The maximum atomic E-state index is 10.8. The lowest BCUT2D eigenvalue weighted by Crippen LogP contribution is -1.95. The molecule has 0 atom stereocenters. The fraction of sp³-hybridized carbons (Fsp3) is 0.864. The summed E-state index contributed by atoms with van der Waals surface area (Å²) in [6, 6.07) is 0. The zero-order chi connectivity index (χ0) is 18.4. The summed E-state index contributed by atoms with van der Waals surface area (Å²) in [5.41, 5.74) is 0. The molecule has 0 saturated carbocycles. The van der Waals surface area contributed by atoms with Gasteiger partial charge in [-0.3, -0.25) is 4.79 Å². The number of rotatable bonds is 19. The van der Waals surface area contributed by atoms with Crippen LogP contribution in [0.15, 0.2) is 12.2 Å². The molecule has 0 rings (SSSR count). The highest BCUT2D eigenvalue weighted by Crippen LogP contribution is 2.12. The smallest absolute Gasteiger partial charge is 0.324 e. The van der Waals surface area contributed by atoms with E-state index in [9.17, 15) is 4.79 Å². The van der Waals surface area contributed by atoms with Gasteiger partial charge in [-0.1, -0.05) is 96.1 Å². The first-order chi connectivity index (χ1) is 12.3. The van der Waals surface area contributed by atoms with Crippen LogP contribution in [0, 0.1) is 0 Å². The Labute approximate surface area is 161 Å². The maximum Gasteiger partial charge on any atom is 0.324 e. The molecule has 2 nitrogen and oxygen atoms in total. The molecule has 0 aromatic rings. The molecule has 0 spiro atoms. The van der Waals surface area contributed by atoms with Gasteiger partial charge in [-0.05, 0) is 32.1 Å². The molecular weight excluding hydrogens is 332 g/mol. The van der Waals surface area contributed by atoms with Crippen molar-refractivity contribution in [3.63, 3.8) is 0 Å². The van der Waals surface area contributed by atoms with E-state index >= 15 is 0 Å². The lowest BCUT2D eigenvalue weighted by Gasteiger charge is -2.01. The fourth-order valence-corrected chi connectivity index (χ4v) is 3.16. The average molecular weight is 373 g/mol. The van der Waals surface area contributed by atoms with E-state index in [0.29, 0.717) is 6.42 Å². The number of hydrogen-bond donors (Lipinski definition) is 0. The molecule has 0 aliphatic carbocycles. The fourth-order valence-electron chi connectivity index (χ4n) is 3.09. The van der Waals surface area contributed by atoms with Crippen LogP contribution in [-0.2, 0) is 9.08 Å². The summed E-state index contributed by atoms with van der Waals surface area (Å²) in [6.45, 7) is 2.27. The Morgan fingerprint density at radius 2 is 1.08 bits per heavy atom. The highest BCUT2D eigenvalue weighted by atomic mass is 35.5. The van der Waals surface area contributed by atoms with Gasteiger partial charge in [0.05, 0.1) is 0 Å². The second-order valence-electron chi connectivity index (χ2n) is 7.20. The highest BCUT2D eigenvalue weighted by Gasteiger charge is 2.00. The number of hydrogen-bond acceptors (Lipinski definition) is 2. The van der Waals surface area contributed by atoms with Crippen LogP contribution in [0.1, 0.15) is 122 Å². The maximum absolute atomic E-state index is 10.8. The first-order valence-corrected chi connectivity index (χ1v) is 11.1. The van der Waals surface area contributed by atoms with E-state index in [-0.39, 0.29) is 5.97 Å². The van der Waals surface area contributed by atoms with Crippen molar-refractivity contribution >= 4 is 17.8 Å². The monoisotopic (exact) mass is 372 g/mol. The van der Waals surface area contributed by atoms with E-state index < -0.39 is 0 Å². The average Bonchev–Trinajstić information content (AvgIpc) is 2.63. The molecule has 0 radical (unpaired) electrons. The first kappa shape index (κ1) is 24.5. The molecule has 0 aliphatic rings. The topological polar surface area (TPSA) is 26.3 Å². The third kappa shape index (κ3) is 21.5. The van der Waals surface area contributed by atoms with Crippen LogP contribution in [0.3, 0.4) is 0 Å². The van der Waals surface area contributed by atoms with E-state index in [0.717, 1.165) is 12.8 Å². The minimum atomic E-state index is -0.303. The summed E-state index contributed by atoms with van der Waals surface area (Å²) >= 11 is 4.98. The van der Waals surface area contributed by atoms with Crippen LogP contribution in [0.25, 0.3) is 0 Å². The Hall–Kier alpha value is -0.500. The Bertz CT molecular complexity index is 302. The molecule has 0 saturated heterocycles. The van der Waals surface area contributed by atoms with Gasteiger partial charge in [0.25, 0.3) is 0 Å². The van der Waals surface area contributed by atoms with Crippen molar-refractivity contribution in [3.05, 3.63) is 12.2 Å². The Morgan fingerprint density at radius 1 is 0.680 bits per heavy atom. The molecule has 0 heterocycles. The van der Waals surface area contributed by atoms with Gasteiger partial charge in [0.15, 0.2) is 0 Å². The van der Waals surface area contributed by atoms with Crippen molar-refractivity contribution in [2.75, 3.05) is 0 Å². The number of carbonyl (C=O) groups is 1. The summed E-state index contributed by atoms with van der Waals surface area (Å²) < 4.78 is 4.12. The molecule has 148 valence electrons. The molecule has 0 aliphatic heterocycles. The summed E-state index contributed by atoms with van der Waals surface area (Å²) in [4.78, 5) is 10.8. The molecule has 0 unspecified atom stereocenters. The van der Waals surface area contributed by atoms with Crippen molar-refractivity contribution in [2.45, 2.75) is 122 Å². The minimum absolute atomic E-state index is 0.303. The summed E-state index contributed by atoms with van der Waals surface area (Å²) in [5, 5.41) is 0. The van der Waals surface area contributed by atoms with Crippen LogP contribution in [0.5, 0.6) is 0 Å². The van der Waals surface area contributed by atoms with E-state index in [4.69, 9.17) is 11.9 Å². The third-order valence-corrected chi connectivity index (χ3v) is 4.90. The molecule has 0 aromatic carbocycles. The molecular formula is C22H41ClO2. The lowest BCUT2D eigenvalue weighted by molar-refractivity contribution is -0.134. The minimum Gasteiger partial charge on any atom is -0.348 e. The normalized spacial score (nSPS) is 11.3. The number of allylic oxidation sites excluding steroid dienone is 2. The van der Waals surface area contributed by atoms with Crippen molar-refractivity contribution in [2.24, 2.45) is 0 Å². The Balaban J connectivity index is 3.08. The lowest BCUT2D eigenvalue weighted by atomic mass is 10.1. The van der Waals surface area contributed by atoms with E-state index in [2.05, 4.69) is 23.4 Å². The van der Waals surface area contributed by atoms with Gasteiger partial charge in [0.2, 0.25) is 0 Å². The summed E-state index contributed by atoms with van der Waals surface area (Å²) in [6.07, 6.45) is 27.4. The molecule has 0 fully saturated rings. The number of halogens is 1. The van der Waals surface area contributed by atoms with Gasteiger partial charge in [-0.2, -0.15) is 0 Å². The molecule has 0 aromatic heterocycles. The molecule has 0 bridgehead atoms. The van der Waals surface area contributed by atoms with E-state index in [1.807, 2.05) is 0 Å². The van der Waals surface area contributed by atoms with Crippen LogP contribution in [0.2, 0.25) is 0 Å². The van der Waals surface area contributed by atoms with Gasteiger partial charge in [-0.25, -0.2) is 0 Å². The number of unbranched alkanes of at least 4 members (excludes halogenated alkanes) is 15. The molecule has 0 amide bonds. The first-order valence-electron chi connectivity index (χ1n) is 10.8. The van der Waals surface area contributed by atoms with Crippen LogP contribution in [-0.4, -0.2) is 5.97 Å². The zero-order valence-corrected chi connectivity index (χ0v) is 17.3. The number of carbonyl (C=O) groups excluding carboxylic acids is 1. The third-order valence-electron chi connectivity index (χ3n) is 4.73. The quantitative estimate of drug-likeness (QED) is 0.168. The Morgan fingerprint density at radius 3 is 1.52 bits per heavy atom. The van der Waals surface area contributed by atoms with Gasteiger partial charge in [0, 0.05) is 6.42 Å². The SMILES string of the molecule is CCCCCCCC/C=C\CCCCCCCCCCCC(=O)OCl. The van der Waals surface area contributed by atoms with Gasteiger partial charge in [0.1, 0.15) is 11.9 Å². The van der Waals surface area contributed by atoms with E-state index in [1.54, 1.807) is 0 Å². The molecule has 0 N–H and O–H groups in total. The van der Waals surface area contributed by atoms with Gasteiger partial charge < -0.3 is 4.29 Å². The Kier molecular flexibility index (Phi) is 21.1. The van der Waals surface area contributed by atoms with Crippen LogP contribution in [0.4, 0.5) is 0 Å². The summed E-state index contributed by atoms with van der Waals surface area (Å²) in [7, 11) is 0. The summed E-state index contributed by atoms with van der Waals surface area (Å²) in [5.74, 6) is -0.303. The van der Waals surface area contributed by atoms with Crippen molar-refractivity contribution in [1.29, 1.82) is 0 Å². The highest BCUT2D eigenvalue weighted by molar-refractivity contribution is 6.13.